The lowest BCUT2D eigenvalue weighted by Gasteiger charge is -2.07. The average Bonchev–Trinajstić information content (AvgIpc) is 2.27. The molecule has 0 bridgehead atoms. The van der Waals surface area contributed by atoms with Crippen molar-refractivity contribution in [3.63, 3.8) is 0 Å². The molecule has 0 aliphatic rings. The monoisotopic (exact) mass is 207 g/mol. The molecule has 0 unspecified atom stereocenters. The van der Waals surface area contributed by atoms with Crippen LogP contribution in [0.3, 0.4) is 0 Å². The highest BCUT2D eigenvalue weighted by Crippen LogP contribution is 2.13. The fraction of sp³-hybridized carbons (Fsp3) is 0.273. The summed E-state index contributed by atoms with van der Waals surface area (Å²) in [5.74, 6) is -2.01. The van der Waals surface area contributed by atoms with Gasteiger partial charge in [0.05, 0.1) is 13.2 Å². The maximum absolute atomic E-state index is 13.2. The van der Waals surface area contributed by atoms with Crippen LogP contribution in [0.5, 0.6) is 0 Å². The molecule has 1 aromatic rings. The van der Waals surface area contributed by atoms with Gasteiger partial charge in [-0.1, -0.05) is 18.2 Å². The minimum Gasteiger partial charge on any atom is -0.468 e. The van der Waals surface area contributed by atoms with E-state index >= 15 is 0 Å². The number of hydrogen-bond acceptors (Lipinski definition) is 3. The molecule has 0 amide bonds. The number of carbonyl (C=O) groups excluding carboxylic acids is 1. The smallest absolute Gasteiger partial charge is 0.323 e. The van der Waals surface area contributed by atoms with Gasteiger partial charge < -0.3 is 4.74 Å². The molecule has 0 spiro atoms. The van der Waals surface area contributed by atoms with Crippen LogP contribution in [0.15, 0.2) is 24.3 Å². The van der Waals surface area contributed by atoms with Crippen molar-refractivity contribution in [3.8, 4) is 6.07 Å². The third-order valence-electron chi connectivity index (χ3n) is 2.02. The second kappa shape index (κ2) is 5.11. The first-order valence-electron chi connectivity index (χ1n) is 4.40. The molecule has 0 aliphatic carbocycles. The predicted molar refractivity (Wildman–Crippen MR) is 51.2 cm³/mol. The summed E-state index contributed by atoms with van der Waals surface area (Å²) in [5, 5.41) is 8.71. The van der Waals surface area contributed by atoms with Gasteiger partial charge in [-0.3, -0.25) is 4.79 Å². The van der Waals surface area contributed by atoms with Crippen molar-refractivity contribution in [2.45, 2.75) is 6.42 Å². The number of benzene rings is 1. The van der Waals surface area contributed by atoms with Crippen molar-refractivity contribution in [1.29, 1.82) is 5.26 Å². The van der Waals surface area contributed by atoms with Crippen molar-refractivity contribution in [1.82, 2.24) is 0 Å². The molecular formula is C11H10FNO2. The van der Waals surface area contributed by atoms with Gasteiger partial charge in [0.25, 0.3) is 0 Å². The molecule has 0 saturated carbocycles. The van der Waals surface area contributed by atoms with Crippen molar-refractivity contribution in [3.05, 3.63) is 35.6 Å². The Kier molecular flexibility index (Phi) is 3.81. The van der Waals surface area contributed by atoms with E-state index < -0.39 is 17.7 Å². The van der Waals surface area contributed by atoms with E-state index in [-0.39, 0.29) is 6.42 Å². The summed E-state index contributed by atoms with van der Waals surface area (Å²) >= 11 is 0. The Morgan fingerprint density at radius 2 is 2.27 bits per heavy atom. The first-order valence-corrected chi connectivity index (χ1v) is 4.40. The molecule has 3 nitrogen and oxygen atoms in total. The Bertz CT molecular complexity index is 398. The molecule has 0 saturated heterocycles. The van der Waals surface area contributed by atoms with Gasteiger partial charge in [-0.15, -0.1) is 0 Å². The van der Waals surface area contributed by atoms with Gasteiger partial charge in [0, 0.05) is 6.42 Å². The molecule has 0 N–H and O–H groups in total. The zero-order valence-electron chi connectivity index (χ0n) is 8.24. The van der Waals surface area contributed by atoms with E-state index in [1.165, 1.54) is 13.2 Å². The zero-order chi connectivity index (χ0) is 11.3. The van der Waals surface area contributed by atoms with Crippen molar-refractivity contribution in [2.75, 3.05) is 7.11 Å². The summed E-state index contributed by atoms with van der Waals surface area (Å²) in [6.07, 6.45) is 0.0375. The number of nitriles is 1. The number of carbonyl (C=O) groups is 1. The Hall–Kier alpha value is -1.89. The predicted octanol–water partition coefficient (Wildman–Crippen LogP) is 1.68. The van der Waals surface area contributed by atoms with Crippen molar-refractivity contribution >= 4 is 5.97 Å². The summed E-state index contributed by atoms with van der Waals surface area (Å²) < 4.78 is 17.6. The molecule has 0 radical (unpaired) electrons. The number of halogens is 1. The molecule has 1 atom stereocenters. The first kappa shape index (κ1) is 11.2. The van der Waals surface area contributed by atoms with Crippen LogP contribution in [-0.4, -0.2) is 13.1 Å². The Labute approximate surface area is 87.1 Å². The molecule has 1 aromatic carbocycles. The van der Waals surface area contributed by atoms with Gasteiger partial charge in [0.15, 0.2) is 0 Å². The lowest BCUT2D eigenvalue weighted by Crippen LogP contribution is -2.17. The number of rotatable bonds is 3. The number of ether oxygens (including phenoxy) is 1. The molecule has 0 heterocycles. The van der Waals surface area contributed by atoms with E-state index in [1.807, 2.05) is 0 Å². The Morgan fingerprint density at radius 1 is 1.60 bits per heavy atom. The quantitative estimate of drug-likeness (QED) is 0.708. The highest BCUT2D eigenvalue weighted by molar-refractivity contribution is 5.75. The lowest BCUT2D eigenvalue weighted by atomic mass is 10.0. The highest BCUT2D eigenvalue weighted by atomic mass is 19.1. The summed E-state index contributed by atoms with van der Waals surface area (Å²) in [4.78, 5) is 11.1. The van der Waals surface area contributed by atoms with Crippen LogP contribution < -0.4 is 0 Å². The second-order valence-corrected chi connectivity index (χ2v) is 3.00. The van der Waals surface area contributed by atoms with E-state index in [1.54, 1.807) is 24.3 Å². The molecule has 0 aliphatic heterocycles. The molecule has 78 valence electrons. The zero-order valence-corrected chi connectivity index (χ0v) is 8.24. The summed E-state index contributed by atoms with van der Waals surface area (Å²) in [6.45, 7) is 0. The summed E-state index contributed by atoms with van der Waals surface area (Å²) in [7, 11) is 1.20. The first-order chi connectivity index (χ1) is 7.19. The fourth-order valence-electron chi connectivity index (χ4n) is 1.21. The van der Waals surface area contributed by atoms with E-state index in [2.05, 4.69) is 4.74 Å². The van der Waals surface area contributed by atoms with Crippen molar-refractivity contribution in [2.24, 2.45) is 5.92 Å². The summed E-state index contributed by atoms with van der Waals surface area (Å²) in [6, 6.07) is 7.84. The van der Waals surface area contributed by atoms with Gasteiger partial charge >= 0.3 is 5.97 Å². The van der Waals surface area contributed by atoms with Crippen LogP contribution in [0.4, 0.5) is 4.39 Å². The number of hydrogen-bond donors (Lipinski definition) is 0. The van der Waals surface area contributed by atoms with Crippen LogP contribution in [0.25, 0.3) is 0 Å². The maximum Gasteiger partial charge on any atom is 0.323 e. The van der Waals surface area contributed by atoms with Crippen LogP contribution >= 0.6 is 0 Å². The Balaban J connectivity index is 2.81. The fourth-order valence-corrected chi connectivity index (χ4v) is 1.21. The largest absolute Gasteiger partial charge is 0.468 e. The number of esters is 1. The van der Waals surface area contributed by atoms with Crippen molar-refractivity contribution < 1.29 is 13.9 Å². The molecule has 1 rings (SSSR count). The van der Waals surface area contributed by atoms with Gasteiger partial charge in [-0.25, -0.2) is 4.39 Å². The lowest BCUT2D eigenvalue weighted by molar-refractivity contribution is -0.143. The van der Waals surface area contributed by atoms with Crippen LogP contribution in [0, 0.1) is 23.1 Å². The Morgan fingerprint density at radius 3 is 2.80 bits per heavy atom. The van der Waals surface area contributed by atoms with E-state index in [0.29, 0.717) is 5.56 Å². The maximum atomic E-state index is 13.2. The van der Waals surface area contributed by atoms with Crippen LogP contribution in [-0.2, 0) is 16.0 Å². The van der Waals surface area contributed by atoms with E-state index in [4.69, 9.17) is 5.26 Å². The minimum atomic E-state index is -0.952. The molecule has 0 fully saturated rings. The topological polar surface area (TPSA) is 50.1 Å². The highest BCUT2D eigenvalue weighted by Gasteiger charge is 2.20. The molecule has 0 aromatic heterocycles. The summed E-state index contributed by atoms with van der Waals surface area (Å²) in [5.41, 5.74) is 0.342. The third-order valence-corrected chi connectivity index (χ3v) is 2.02. The number of methoxy groups -OCH3 is 1. The molecule has 15 heavy (non-hydrogen) atoms. The second-order valence-electron chi connectivity index (χ2n) is 3.00. The average molecular weight is 207 g/mol. The molecular weight excluding hydrogens is 197 g/mol. The van der Waals surface area contributed by atoms with Gasteiger partial charge in [-0.2, -0.15) is 5.26 Å². The SMILES string of the molecule is COC(=O)[C@@H](C#N)Cc1ccccc1F. The standard InChI is InChI=1S/C11H10FNO2/c1-15-11(14)9(7-13)6-8-4-2-3-5-10(8)12/h2-5,9H,6H2,1H3/t9-/m1/s1. The van der Waals surface area contributed by atoms with E-state index in [9.17, 15) is 9.18 Å². The minimum absolute atomic E-state index is 0.0375. The number of nitrogens with zero attached hydrogens (tertiary/aromatic N) is 1. The normalized spacial score (nSPS) is 11.5. The third kappa shape index (κ3) is 2.78. The van der Waals surface area contributed by atoms with E-state index in [0.717, 1.165) is 0 Å². The van der Waals surface area contributed by atoms with Crippen LogP contribution in [0.1, 0.15) is 5.56 Å². The van der Waals surface area contributed by atoms with Gasteiger partial charge in [0.2, 0.25) is 0 Å². The molecule has 4 heteroatoms. The van der Waals surface area contributed by atoms with Gasteiger partial charge in [-0.05, 0) is 11.6 Å². The van der Waals surface area contributed by atoms with Crippen LogP contribution in [0.2, 0.25) is 0 Å². The van der Waals surface area contributed by atoms with Gasteiger partial charge in [0.1, 0.15) is 11.7 Å².